The molecule has 0 spiro atoms. The minimum Gasteiger partial charge on any atom is -0.377 e. The summed E-state index contributed by atoms with van der Waals surface area (Å²) in [5, 5.41) is 15.7. The van der Waals surface area contributed by atoms with Crippen LogP contribution in [0, 0.1) is 15.9 Å². The fourth-order valence-corrected chi connectivity index (χ4v) is 3.09. The van der Waals surface area contributed by atoms with E-state index in [2.05, 4.69) is 21.2 Å². The lowest BCUT2D eigenvalue weighted by Gasteiger charge is -2.13. The van der Waals surface area contributed by atoms with Gasteiger partial charge in [-0.15, -0.1) is 11.3 Å². The lowest BCUT2D eigenvalue weighted by Crippen LogP contribution is -2.05. The van der Waals surface area contributed by atoms with Crippen LogP contribution in [0.5, 0.6) is 0 Å². The van der Waals surface area contributed by atoms with Gasteiger partial charge in [-0.3, -0.25) is 10.1 Å². The summed E-state index contributed by atoms with van der Waals surface area (Å²) in [5.41, 5.74) is 0.130. The third kappa shape index (κ3) is 3.51. The Balaban J connectivity index is 2.21. The molecule has 0 saturated carbocycles. The minimum absolute atomic E-state index is 0.0577. The van der Waals surface area contributed by atoms with E-state index in [1.54, 1.807) is 11.3 Å². The Morgan fingerprint density at radius 3 is 2.74 bits per heavy atom. The number of rotatable bonds is 4. The molecule has 1 unspecified atom stereocenters. The van der Waals surface area contributed by atoms with Crippen LogP contribution in [0.3, 0.4) is 0 Å². The van der Waals surface area contributed by atoms with Crippen molar-refractivity contribution in [3.63, 3.8) is 0 Å². The normalized spacial score (nSPS) is 12.2. The molecule has 0 amide bonds. The van der Waals surface area contributed by atoms with Gasteiger partial charge < -0.3 is 5.32 Å². The first-order chi connectivity index (χ1) is 8.95. The molecular weight excluding hydrogens is 335 g/mol. The first-order valence-electron chi connectivity index (χ1n) is 5.41. The van der Waals surface area contributed by atoms with E-state index in [0.29, 0.717) is 5.69 Å². The zero-order chi connectivity index (χ0) is 14.0. The van der Waals surface area contributed by atoms with E-state index in [4.69, 9.17) is 0 Å². The summed E-state index contributed by atoms with van der Waals surface area (Å²) in [5.74, 6) is -0.628. The van der Waals surface area contributed by atoms with Gasteiger partial charge in [0.2, 0.25) is 0 Å². The van der Waals surface area contributed by atoms with E-state index >= 15 is 0 Å². The Labute approximate surface area is 121 Å². The number of benzene rings is 1. The predicted octanol–water partition coefficient (Wildman–Crippen LogP) is 4.73. The number of nitro benzene ring substituents is 1. The molecule has 1 aromatic carbocycles. The van der Waals surface area contributed by atoms with Crippen molar-refractivity contribution in [3.05, 3.63) is 54.9 Å². The lowest BCUT2D eigenvalue weighted by atomic mass is 10.2. The number of non-ortho nitro benzene ring substituents is 1. The fourth-order valence-electron chi connectivity index (χ4n) is 1.64. The average molecular weight is 345 g/mol. The van der Waals surface area contributed by atoms with Gasteiger partial charge in [-0.25, -0.2) is 4.39 Å². The quantitative estimate of drug-likeness (QED) is 0.644. The van der Waals surface area contributed by atoms with Gasteiger partial charge in [-0.05, 0) is 35.0 Å². The van der Waals surface area contributed by atoms with E-state index in [1.165, 1.54) is 12.1 Å². The number of anilines is 1. The molecule has 7 heteroatoms. The Morgan fingerprint density at radius 2 is 2.16 bits per heavy atom. The van der Waals surface area contributed by atoms with Crippen LogP contribution >= 0.6 is 27.3 Å². The van der Waals surface area contributed by atoms with Crippen molar-refractivity contribution in [2.45, 2.75) is 13.0 Å². The summed E-state index contributed by atoms with van der Waals surface area (Å²) in [6, 6.07) is 5.36. The van der Waals surface area contributed by atoms with Crippen molar-refractivity contribution < 1.29 is 9.31 Å². The molecule has 100 valence electrons. The number of nitrogens with zero attached hydrogens (tertiary/aromatic N) is 1. The zero-order valence-electron chi connectivity index (χ0n) is 9.89. The summed E-state index contributed by atoms with van der Waals surface area (Å²) in [7, 11) is 0. The van der Waals surface area contributed by atoms with E-state index < -0.39 is 10.7 Å². The summed E-state index contributed by atoms with van der Waals surface area (Å²) in [4.78, 5) is 11.1. The molecule has 0 aliphatic heterocycles. The molecule has 0 fully saturated rings. The van der Waals surface area contributed by atoms with Crippen molar-refractivity contribution in [3.8, 4) is 0 Å². The molecular formula is C12H10BrFN2O2S. The highest BCUT2D eigenvalue weighted by Gasteiger charge is 2.13. The molecule has 2 rings (SSSR count). The summed E-state index contributed by atoms with van der Waals surface area (Å²) >= 11 is 4.92. The van der Waals surface area contributed by atoms with Gasteiger partial charge in [0.15, 0.2) is 0 Å². The first kappa shape index (κ1) is 14.0. The van der Waals surface area contributed by atoms with Crippen molar-refractivity contribution >= 4 is 38.6 Å². The van der Waals surface area contributed by atoms with Crippen LogP contribution in [0.1, 0.15) is 17.8 Å². The number of nitrogens with one attached hydrogen (secondary N) is 1. The number of halogens is 2. The van der Waals surface area contributed by atoms with Crippen molar-refractivity contribution in [2.24, 2.45) is 0 Å². The maximum atomic E-state index is 13.3. The molecule has 0 aliphatic rings. The van der Waals surface area contributed by atoms with Gasteiger partial charge in [0.05, 0.1) is 17.0 Å². The van der Waals surface area contributed by atoms with Gasteiger partial charge in [-0.1, -0.05) is 0 Å². The molecule has 0 radical (unpaired) electrons. The summed E-state index contributed by atoms with van der Waals surface area (Å²) < 4.78 is 14.3. The Hall–Kier alpha value is -1.47. The van der Waals surface area contributed by atoms with E-state index in [0.717, 1.165) is 15.4 Å². The van der Waals surface area contributed by atoms with Crippen LogP contribution in [0.15, 0.2) is 34.1 Å². The van der Waals surface area contributed by atoms with E-state index in [1.807, 2.05) is 18.4 Å². The Kier molecular flexibility index (Phi) is 4.16. The van der Waals surface area contributed by atoms with Crippen LogP contribution in [0.2, 0.25) is 0 Å². The summed E-state index contributed by atoms with van der Waals surface area (Å²) in [6.07, 6.45) is 0. The van der Waals surface area contributed by atoms with Crippen LogP contribution in [-0.4, -0.2) is 4.92 Å². The fraction of sp³-hybridized carbons (Fsp3) is 0.167. The molecule has 0 aliphatic carbocycles. The molecule has 19 heavy (non-hydrogen) atoms. The second-order valence-corrected chi connectivity index (χ2v) is 5.85. The Morgan fingerprint density at radius 1 is 1.42 bits per heavy atom. The molecule has 2 aromatic rings. The highest BCUT2D eigenvalue weighted by molar-refractivity contribution is 9.10. The van der Waals surface area contributed by atoms with Crippen molar-refractivity contribution in [1.29, 1.82) is 0 Å². The molecule has 1 aromatic heterocycles. The molecule has 1 heterocycles. The van der Waals surface area contributed by atoms with Crippen LogP contribution < -0.4 is 5.32 Å². The second kappa shape index (κ2) is 5.66. The SMILES string of the molecule is CC(Nc1cc(F)cc([N+](=O)[O-])c1)c1cc(Br)cs1. The number of hydrogen-bond acceptors (Lipinski definition) is 4. The maximum Gasteiger partial charge on any atom is 0.274 e. The van der Waals surface area contributed by atoms with E-state index in [9.17, 15) is 14.5 Å². The average Bonchev–Trinajstić information content (AvgIpc) is 2.75. The predicted molar refractivity (Wildman–Crippen MR) is 77.1 cm³/mol. The smallest absolute Gasteiger partial charge is 0.274 e. The number of hydrogen-bond donors (Lipinski definition) is 1. The number of thiophene rings is 1. The van der Waals surface area contributed by atoms with Crippen LogP contribution in [-0.2, 0) is 0 Å². The van der Waals surface area contributed by atoms with Crippen molar-refractivity contribution in [1.82, 2.24) is 0 Å². The van der Waals surface area contributed by atoms with Gasteiger partial charge in [-0.2, -0.15) is 0 Å². The monoisotopic (exact) mass is 344 g/mol. The first-order valence-corrected chi connectivity index (χ1v) is 7.08. The van der Waals surface area contributed by atoms with E-state index in [-0.39, 0.29) is 11.7 Å². The highest BCUT2D eigenvalue weighted by atomic mass is 79.9. The minimum atomic E-state index is -0.628. The molecule has 0 bridgehead atoms. The zero-order valence-corrected chi connectivity index (χ0v) is 12.3. The van der Waals surface area contributed by atoms with Gasteiger partial charge in [0, 0.05) is 26.5 Å². The summed E-state index contributed by atoms with van der Waals surface area (Å²) in [6.45, 7) is 1.91. The molecule has 1 atom stereocenters. The van der Waals surface area contributed by atoms with Crippen molar-refractivity contribution in [2.75, 3.05) is 5.32 Å². The Bertz CT molecular complexity index is 618. The van der Waals surface area contributed by atoms with Crippen LogP contribution in [0.4, 0.5) is 15.8 Å². The van der Waals surface area contributed by atoms with Gasteiger partial charge >= 0.3 is 0 Å². The highest BCUT2D eigenvalue weighted by Crippen LogP contribution is 2.29. The third-order valence-corrected chi connectivity index (χ3v) is 4.37. The second-order valence-electron chi connectivity index (χ2n) is 3.99. The van der Waals surface area contributed by atoms with Gasteiger partial charge in [0.1, 0.15) is 5.82 Å². The lowest BCUT2D eigenvalue weighted by molar-refractivity contribution is -0.385. The maximum absolute atomic E-state index is 13.3. The standard InChI is InChI=1S/C12H10BrFN2O2S/c1-7(12-2-8(13)6-19-12)15-10-3-9(14)4-11(5-10)16(17)18/h2-7,15H,1H3. The third-order valence-electron chi connectivity index (χ3n) is 2.49. The topological polar surface area (TPSA) is 55.2 Å². The number of nitro groups is 1. The van der Waals surface area contributed by atoms with Gasteiger partial charge in [0.25, 0.3) is 5.69 Å². The van der Waals surface area contributed by atoms with Crippen LogP contribution in [0.25, 0.3) is 0 Å². The molecule has 0 saturated heterocycles. The molecule has 1 N–H and O–H groups in total. The largest absolute Gasteiger partial charge is 0.377 e. The molecule has 4 nitrogen and oxygen atoms in total.